The second-order valence-electron chi connectivity index (χ2n) is 7.47. The quantitative estimate of drug-likeness (QED) is 0.812. The average molecular weight is 371 g/mol. The highest BCUT2D eigenvalue weighted by Gasteiger charge is 2.56. The number of nitrogens with zero attached hydrogens (tertiary/aromatic N) is 4. The number of halogens is 2. The topological polar surface area (TPSA) is 83.2 Å². The van der Waals surface area contributed by atoms with Crippen LogP contribution in [0.2, 0.25) is 0 Å². The fraction of sp³-hybridized carbons (Fsp3) is 0.526. The number of alkyl halides is 1. The molecule has 2 heterocycles. The van der Waals surface area contributed by atoms with Gasteiger partial charge < -0.3 is 10.2 Å². The van der Waals surface area contributed by atoms with E-state index in [-0.39, 0.29) is 31.5 Å². The summed E-state index contributed by atoms with van der Waals surface area (Å²) >= 11 is 0. The number of benzene rings is 1. The Labute approximate surface area is 156 Å². The molecule has 0 radical (unpaired) electrons. The number of piperidine rings is 1. The molecule has 1 saturated carbocycles. The molecule has 0 aromatic heterocycles. The van der Waals surface area contributed by atoms with Crippen molar-refractivity contribution in [3.05, 3.63) is 29.6 Å². The van der Waals surface area contributed by atoms with Crippen LogP contribution in [0.25, 0.3) is 0 Å². The maximum Gasteiger partial charge on any atom is 0.271 e. The summed E-state index contributed by atoms with van der Waals surface area (Å²) in [7, 11) is 0. The molecule has 3 unspecified atom stereocenters. The van der Waals surface area contributed by atoms with Crippen LogP contribution in [0.1, 0.15) is 18.4 Å². The minimum absolute atomic E-state index is 0.0174. The van der Waals surface area contributed by atoms with Crippen molar-refractivity contribution in [2.24, 2.45) is 11.8 Å². The highest BCUT2D eigenvalue weighted by Crippen LogP contribution is 2.47. The Morgan fingerprint density at radius 1 is 1.30 bits per heavy atom. The van der Waals surface area contributed by atoms with Crippen LogP contribution >= 0.6 is 0 Å². The molecule has 8 heteroatoms. The van der Waals surface area contributed by atoms with Crippen molar-refractivity contribution in [1.29, 1.82) is 10.5 Å². The molecule has 140 valence electrons. The van der Waals surface area contributed by atoms with Gasteiger partial charge in [-0.2, -0.15) is 10.5 Å². The zero-order valence-corrected chi connectivity index (χ0v) is 14.7. The van der Waals surface area contributed by atoms with Gasteiger partial charge in [-0.1, -0.05) is 0 Å². The first-order chi connectivity index (χ1) is 12.9. The Morgan fingerprint density at radius 3 is 2.70 bits per heavy atom. The van der Waals surface area contributed by atoms with Crippen LogP contribution in [0.15, 0.2) is 18.2 Å². The molecule has 1 aromatic rings. The van der Waals surface area contributed by atoms with Crippen molar-refractivity contribution >= 4 is 11.6 Å². The van der Waals surface area contributed by atoms with Gasteiger partial charge in [-0.3, -0.25) is 9.69 Å². The Morgan fingerprint density at radius 2 is 2.04 bits per heavy atom. The number of likely N-dealkylation sites (tertiary alicyclic amines) is 1. The van der Waals surface area contributed by atoms with Crippen LogP contribution in [0.4, 0.5) is 14.5 Å². The summed E-state index contributed by atoms with van der Waals surface area (Å²) in [5.74, 6) is -2.30. The van der Waals surface area contributed by atoms with E-state index in [2.05, 4.69) is 5.32 Å². The van der Waals surface area contributed by atoms with Crippen molar-refractivity contribution in [2.75, 3.05) is 31.1 Å². The second-order valence-corrected chi connectivity index (χ2v) is 7.47. The molecule has 0 spiro atoms. The van der Waals surface area contributed by atoms with E-state index in [1.165, 1.54) is 12.1 Å². The summed E-state index contributed by atoms with van der Waals surface area (Å²) < 4.78 is 27.9. The average Bonchev–Trinajstić information content (AvgIpc) is 3.00. The predicted molar refractivity (Wildman–Crippen MR) is 92.5 cm³/mol. The number of carbonyl (C=O) groups excluding carboxylic acids is 1. The van der Waals surface area contributed by atoms with E-state index < -0.39 is 11.6 Å². The monoisotopic (exact) mass is 371 g/mol. The lowest BCUT2D eigenvalue weighted by Gasteiger charge is -2.26. The molecule has 3 atom stereocenters. The van der Waals surface area contributed by atoms with Crippen LogP contribution in [0, 0.1) is 40.3 Å². The Kier molecular flexibility index (Phi) is 4.24. The van der Waals surface area contributed by atoms with Crippen molar-refractivity contribution in [1.82, 2.24) is 10.2 Å². The Hall–Kier alpha value is -2.71. The van der Waals surface area contributed by atoms with E-state index in [1.54, 1.807) is 12.1 Å². The van der Waals surface area contributed by atoms with Gasteiger partial charge in [0, 0.05) is 37.8 Å². The Balaban J connectivity index is 1.30. The lowest BCUT2D eigenvalue weighted by atomic mass is 10.2. The molecular formula is C19H19F2N5O. The zero-order chi connectivity index (χ0) is 19.2. The molecule has 3 aliphatic rings. The van der Waals surface area contributed by atoms with Crippen LogP contribution in [-0.4, -0.2) is 48.8 Å². The summed E-state index contributed by atoms with van der Waals surface area (Å²) in [6.07, 6.45) is 0.564. The molecule has 0 bridgehead atoms. The molecule has 1 N–H and O–H groups in total. The van der Waals surface area contributed by atoms with Gasteiger partial charge >= 0.3 is 0 Å². The summed E-state index contributed by atoms with van der Waals surface area (Å²) in [6, 6.07) is 8.05. The van der Waals surface area contributed by atoms with Gasteiger partial charge in [0.15, 0.2) is 0 Å². The van der Waals surface area contributed by atoms with Gasteiger partial charge in [0.2, 0.25) is 5.91 Å². The Bertz CT molecular complexity index is 851. The van der Waals surface area contributed by atoms with Crippen LogP contribution in [-0.2, 0) is 4.79 Å². The van der Waals surface area contributed by atoms with Crippen LogP contribution in [0.5, 0.6) is 0 Å². The van der Waals surface area contributed by atoms with Gasteiger partial charge in [-0.15, -0.1) is 0 Å². The van der Waals surface area contributed by atoms with Crippen LogP contribution in [0.3, 0.4) is 0 Å². The lowest BCUT2D eigenvalue weighted by Crippen LogP contribution is -2.47. The molecule has 2 saturated heterocycles. The highest BCUT2D eigenvalue weighted by atomic mass is 19.1. The van der Waals surface area contributed by atoms with Gasteiger partial charge in [0.05, 0.1) is 18.2 Å². The van der Waals surface area contributed by atoms with Crippen molar-refractivity contribution in [3.8, 4) is 12.1 Å². The maximum absolute atomic E-state index is 14.3. The molecule has 3 fully saturated rings. The summed E-state index contributed by atoms with van der Waals surface area (Å²) in [6.45, 7) is 1.74. The number of anilines is 1. The number of carbonyl (C=O) groups is 1. The molecular weight excluding hydrogens is 352 g/mol. The van der Waals surface area contributed by atoms with Gasteiger partial charge in [0.1, 0.15) is 11.9 Å². The molecule has 6 nitrogen and oxygen atoms in total. The number of rotatable bonds is 4. The molecule has 2 aliphatic heterocycles. The predicted octanol–water partition coefficient (Wildman–Crippen LogP) is 1.53. The van der Waals surface area contributed by atoms with Crippen molar-refractivity contribution in [2.45, 2.75) is 24.7 Å². The first-order valence-corrected chi connectivity index (χ1v) is 9.05. The first kappa shape index (κ1) is 17.7. The lowest BCUT2D eigenvalue weighted by molar-refractivity contribution is -0.137. The zero-order valence-electron chi connectivity index (χ0n) is 14.7. The molecule has 4 rings (SSSR count). The van der Waals surface area contributed by atoms with Gasteiger partial charge in [0.25, 0.3) is 5.79 Å². The molecule has 1 amide bonds. The number of nitriles is 2. The number of fused-ring (bicyclic) bond motifs is 1. The maximum atomic E-state index is 14.3. The number of amides is 1. The number of nitrogens with one attached hydrogen (secondary N) is 1. The summed E-state index contributed by atoms with van der Waals surface area (Å²) in [4.78, 5) is 15.3. The number of hydrogen-bond acceptors (Lipinski definition) is 5. The third-order valence-corrected chi connectivity index (χ3v) is 5.85. The SMILES string of the molecule is N#Cc1cc(F)cc(N2CC3C(C2)C3NCC(=O)N2CCCC2(F)C#N)c1. The van der Waals surface area contributed by atoms with Crippen molar-refractivity contribution < 1.29 is 13.6 Å². The third kappa shape index (κ3) is 3.11. The van der Waals surface area contributed by atoms with Crippen molar-refractivity contribution in [3.63, 3.8) is 0 Å². The van der Waals surface area contributed by atoms with E-state index in [4.69, 9.17) is 10.5 Å². The van der Waals surface area contributed by atoms with E-state index in [0.717, 1.165) is 18.0 Å². The summed E-state index contributed by atoms with van der Waals surface area (Å²) in [5, 5.41) is 21.1. The fourth-order valence-corrected chi connectivity index (χ4v) is 4.38. The van der Waals surface area contributed by atoms with E-state index >= 15 is 0 Å². The number of hydrogen-bond donors (Lipinski definition) is 1. The van der Waals surface area contributed by atoms with E-state index in [0.29, 0.717) is 29.5 Å². The molecule has 1 aliphatic carbocycles. The van der Waals surface area contributed by atoms with Gasteiger partial charge in [-0.25, -0.2) is 8.78 Å². The third-order valence-electron chi connectivity index (χ3n) is 5.85. The van der Waals surface area contributed by atoms with E-state index in [9.17, 15) is 13.6 Å². The van der Waals surface area contributed by atoms with Crippen LogP contribution < -0.4 is 10.2 Å². The summed E-state index contributed by atoms with van der Waals surface area (Å²) in [5.41, 5.74) is 0.991. The van der Waals surface area contributed by atoms with Gasteiger partial charge in [-0.05, 0) is 36.5 Å². The minimum Gasteiger partial charge on any atom is -0.371 e. The smallest absolute Gasteiger partial charge is 0.271 e. The fourth-order valence-electron chi connectivity index (χ4n) is 4.38. The largest absolute Gasteiger partial charge is 0.371 e. The normalized spacial score (nSPS) is 31.3. The molecule has 27 heavy (non-hydrogen) atoms. The minimum atomic E-state index is -2.18. The molecule has 1 aromatic carbocycles. The van der Waals surface area contributed by atoms with E-state index in [1.807, 2.05) is 11.0 Å². The first-order valence-electron chi connectivity index (χ1n) is 9.05. The standard InChI is InChI=1S/C19H19F2N5O/c20-13-4-12(7-22)5-14(6-13)25-9-15-16(10-25)18(15)24-8-17(27)26-3-1-2-19(26,21)11-23/h4-6,15-16,18,24H,1-3,8-10H2. The highest BCUT2D eigenvalue weighted by molar-refractivity contribution is 5.79. The second kappa shape index (κ2) is 6.47.